The Hall–Kier alpha value is -0.900. The second kappa shape index (κ2) is 11.7. The summed E-state index contributed by atoms with van der Waals surface area (Å²) in [5.74, 6) is -0.238. The minimum absolute atomic E-state index is 0. The first kappa shape index (κ1) is 24.1. The molecule has 2 rings (SSSR count). The first-order chi connectivity index (χ1) is 11.0. The summed E-state index contributed by atoms with van der Waals surface area (Å²) < 4.78 is 27.0. The Kier molecular flexibility index (Phi) is 11.2. The zero-order valence-electron chi connectivity index (χ0n) is 14.2. The molecule has 10 heteroatoms. The lowest BCUT2D eigenvalue weighted by Gasteiger charge is -2.27. The number of nitrogens with zero attached hydrogens (tertiary/aromatic N) is 1. The number of benzene rings is 1. The largest absolute Gasteiger partial charge is 0.355 e. The van der Waals surface area contributed by atoms with Crippen LogP contribution in [0.4, 0.5) is 0 Å². The quantitative estimate of drug-likeness (QED) is 0.566. The summed E-state index contributed by atoms with van der Waals surface area (Å²) in [4.78, 5) is 13.9. The molecule has 1 aromatic rings. The lowest BCUT2D eigenvalue weighted by atomic mass is 10.2. The van der Waals surface area contributed by atoms with E-state index in [1.165, 1.54) is 31.3 Å². The molecule has 0 atom stereocenters. The van der Waals surface area contributed by atoms with Gasteiger partial charge in [-0.05, 0) is 37.2 Å². The molecule has 0 radical (unpaired) electrons. The van der Waals surface area contributed by atoms with E-state index in [-0.39, 0.29) is 35.6 Å². The molecule has 0 aliphatic carbocycles. The fourth-order valence-corrected chi connectivity index (χ4v) is 3.53. The van der Waals surface area contributed by atoms with Crippen molar-refractivity contribution in [1.82, 2.24) is 20.3 Å². The number of hydrogen-bond acceptors (Lipinski definition) is 5. The number of piperazine rings is 1. The maximum atomic E-state index is 12.2. The van der Waals surface area contributed by atoms with Gasteiger partial charge in [0.2, 0.25) is 10.0 Å². The van der Waals surface area contributed by atoms with Gasteiger partial charge in [-0.1, -0.05) is 0 Å². The van der Waals surface area contributed by atoms with Gasteiger partial charge in [0, 0.05) is 45.3 Å². The van der Waals surface area contributed by atoms with Crippen molar-refractivity contribution in [2.24, 2.45) is 0 Å². The first-order valence-corrected chi connectivity index (χ1v) is 9.26. The smallest absolute Gasteiger partial charge is 0.251 e. The van der Waals surface area contributed by atoms with Crippen LogP contribution in [0.1, 0.15) is 16.8 Å². The molecule has 0 bridgehead atoms. The molecule has 0 unspecified atom stereocenters. The van der Waals surface area contributed by atoms with E-state index >= 15 is 0 Å². The molecule has 0 spiro atoms. The van der Waals surface area contributed by atoms with Crippen LogP contribution in [-0.4, -0.2) is 65.5 Å². The van der Waals surface area contributed by atoms with Gasteiger partial charge in [-0.15, -0.1) is 24.8 Å². The molecule has 1 fully saturated rings. The molecule has 25 heavy (non-hydrogen) atoms. The second-order valence-corrected chi connectivity index (χ2v) is 7.21. The van der Waals surface area contributed by atoms with E-state index in [1.807, 2.05) is 0 Å². The van der Waals surface area contributed by atoms with Gasteiger partial charge in [0.15, 0.2) is 0 Å². The lowest BCUT2D eigenvalue weighted by molar-refractivity contribution is 0.0963. The zero-order valence-corrected chi connectivity index (χ0v) is 16.6. The summed E-state index contributed by atoms with van der Waals surface area (Å²) >= 11 is 0. The minimum Gasteiger partial charge on any atom is -0.355 e. The molecule has 3 N–H and O–H groups in total. The molecule has 144 valence electrons. The minimum atomic E-state index is -3.52. The number of amides is 1. The van der Waals surface area contributed by atoms with Gasteiger partial charge in [0.25, 0.3) is 5.91 Å². The normalized spacial score (nSPS) is 14.9. The van der Waals surface area contributed by atoms with Crippen LogP contribution < -0.4 is 15.4 Å². The Morgan fingerprint density at radius 1 is 1.16 bits per heavy atom. The number of sulfonamides is 1. The highest BCUT2D eigenvalue weighted by molar-refractivity contribution is 7.89. The van der Waals surface area contributed by atoms with Crippen LogP contribution in [0.3, 0.4) is 0 Å². The second-order valence-electron chi connectivity index (χ2n) is 5.45. The fraction of sp³-hybridized carbons (Fsp3) is 0.533. The zero-order chi connectivity index (χ0) is 16.7. The summed E-state index contributed by atoms with van der Waals surface area (Å²) in [5, 5.41) is 5.79. The van der Waals surface area contributed by atoms with E-state index < -0.39 is 10.0 Å². The van der Waals surface area contributed by atoms with Crippen molar-refractivity contribution >= 4 is 40.7 Å². The van der Waals surface area contributed by atoms with E-state index in [1.54, 1.807) is 0 Å². The maximum Gasteiger partial charge on any atom is 0.251 e. The van der Waals surface area contributed by atoms with Crippen molar-refractivity contribution in [2.45, 2.75) is 11.3 Å². The van der Waals surface area contributed by atoms with E-state index in [0.29, 0.717) is 12.1 Å². The summed E-state index contributed by atoms with van der Waals surface area (Å²) in [6, 6.07) is 5.91. The first-order valence-electron chi connectivity index (χ1n) is 7.78. The van der Waals surface area contributed by atoms with Crippen molar-refractivity contribution in [3.8, 4) is 0 Å². The van der Waals surface area contributed by atoms with E-state index in [4.69, 9.17) is 0 Å². The average Bonchev–Trinajstić information content (AvgIpc) is 2.59. The molecule has 1 aliphatic heterocycles. The molecule has 1 heterocycles. The van der Waals surface area contributed by atoms with E-state index in [9.17, 15) is 13.2 Å². The highest BCUT2D eigenvalue weighted by atomic mass is 35.5. The molecular formula is C15H26Cl2N4O3S. The molecule has 1 aromatic carbocycles. The highest BCUT2D eigenvalue weighted by Gasteiger charge is 2.15. The molecule has 1 amide bonds. The standard InChI is InChI=1S/C15H24N4O3S.2ClH/c1-16-15(20)13-3-5-14(6-4-13)23(21,22)18-7-2-10-19-11-8-17-9-12-19;;/h3-6,17-18H,2,7-12H2,1H3,(H,16,20);2*1H. The summed E-state index contributed by atoms with van der Waals surface area (Å²) in [5.41, 5.74) is 0.435. The van der Waals surface area contributed by atoms with Crippen LogP contribution in [0.25, 0.3) is 0 Å². The average molecular weight is 413 g/mol. The monoisotopic (exact) mass is 412 g/mol. The number of hydrogen-bond donors (Lipinski definition) is 3. The Labute approximate surface area is 161 Å². The van der Waals surface area contributed by atoms with Crippen molar-refractivity contribution < 1.29 is 13.2 Å². The summed E-state index contributed by atoms with van der Waals surface area (Å²) in [7, 11) is -1.99. The van der Waals surface area contributed by atoms with Gasteiger partial charge in [0.1, 0.15) is 0 Å². The molecule has 0 saturated carbocycles. The van der Waals surface area contributed by atoms with Crippen LogP contribution in [0.5, 0.6) is 0 Å². The third-order valence-corrected chi connectivity index (χ3v) is 5.28. The Bertz CT molecular complexity index is 620. The molecule has 1 aliphatic rings. The van der Waals surface area contributed by atoms with Crippen LogP contribution in [0.15, 0.2) is 29.2 Å². The number of halogens is 2. The third kappa shape index (κ3) is 7.47. The Morgan fingerprint density at radius 3 is 2.32 bits per heavy atom. The van der Waals surface area contributed by atoms with E-state index in [2.05, 4.69) is 20.3 Å². The topological polar surface area (TPSA) is 90.5 Å². The van der Waals surface area contributed by atoms with Gasteiger partial charge in [-0.3, -0.25) is 4.79 Å². The lowest BCUT2D eigenvalue weighted by Crippen LogP contribution is -2.44. The van der Waals surface area contributed by atoms with Crippen LogP contribution in [0, 0.1) is 0 Å². The SMILES string of the molecule is CNC(=O)c1ccc(S(=O)(=O)NCCCN2CCNCC2)cc1.Cl.Cl. The van der Waals surface area contributed by atoms with Crippen molar-refractivity contribution in [2.75, 3.05) is 46.3 Å². The number of carbonyl (C=O) groups is 1. The fourth-order valence-electron chi connectivity index (χ4n) is 2.46. The molecule has 0 aromatic heterocycles. The van der Waals surface area contributed by atoms with Gasteiger partial charge in [-0.25, -0.2) is 13.1 Å². The number of rotatable bonds is 7. The van der Waals surface area contributed by atoms with Gasteiger partial charge in [-0.2, -0.15) is 0 Å². The van der Waals surface area contributed by atoms with Crippen LogP contribution in [-0.2, 0) is 10.0 Å². The van der Waals surface area contributed by atoms with Crippen molar-refractivity contribution in [3.05, 3.63) is 29.8 Å². The van der Waals surface area contributed by atoms with Crippen molar-refractivity contribution in [3.63, 3.8) is 0 Å². The van der Waals surface area contributed by atoms with Gasteiger partial charge < -0.3 is 15.5 Å². The third-order valence-electron chi connectivity index (χ3n) is 3.81. The van der Waals surface area contributed by atoms with E-state index in [0.717, 1.165) is 39.1 Å². The van der Waals surface area contributed by atoms with Crippen molar-refractivity contribution in [1.29, 1.82) is 0 Å². The predicted octanol–water partition coefficient (Wildman–Crippen LogP) is 0.463. The Balaban J connectivity index is 0.00000288. The Morgan fingerprint density at radius 2 is 1.76 bits per heavy atom. The predicted molar refractivity (Wildman–Crippen MR) is 103 cm³/mol. The summed E-state index contributed by atoms with van der Waals surface area (Å²) in [6.45, 7) is 5.29. The molecule has 1 saturated heterocycles. The van der Waals surface area contributed by atoms with Crippen LogP contribution >= 0.6 is 24.8 Å². The maximum absolute atomic E-state index is 12.2. The highest BCUT2D eigenvalue weighted by Crippen LogP contribution is 2.10. The number of nitrogens with one attached hydrogen (secondary N) is 3. The number of carbonyl (C=O) groups excluding carboxylic acids is 1. The van der Waals surface area contributed by atoms with Gasteiger partial charge in [0.05, 0.1) is 4.90 Å². The summed E-state index contributed by atoms with van der Waals surface area (Å²) in [6.07, 6.45) is 0.773. The molecule has 7 nitrogen and oxygen atoms in total. The van der Waals surface area contributed by atoms with Gasteiger partial charge >= 0.3 is 0 Å². The van der Waals surface area contributed by atoms with Crippen LogP contribution in [0.2, 0.25) is 0 Å². The molecular weight excluding hydrogens is 387 g/mol.